The maximum absolute atomic E-state index is 13.2. The van der Waals surface area contributed by atoms with Gasteiger partial charge in [-0.1, -0.05) is 19.3 Å². The number of nitrogens with zero attached hydrogens (tertiary/aromatic N) is 1. The van der Waals surface area contributed by atoms with Gasteiger partial charge in [0, 0.05) is 0 Å². The van der Waals surface area contributed by atoms with E-state index in [0.29, 0.717) is 11.2 Å². The molecule has 0 heterocycles. The SMILES string of the molecule is NC(=S)N(NC(=O)C12CC3CC(CC(C3)C1)C2)C1CCCCC1. The molecule has 5 rings (SSSR count). The van der Waals surface area contributed by atoms with Crippen LogP contribution in [0.5, 0.6) is 0 Å². The number of thiocarbonyl (C=S) groups is 1. The molecule has 4 bridgehead atoms. The van der Waals surface area contributed by atoms with Gasteiger partial charge in [-0.05, 0) is 81.3 Å². The first-order valence-corrected chi connectivity index (χ1v) is 9.86. The molecule has 4 nitrogen and oxygen atoms in total. The van der Waals surface area contributed by atoms with Crippen LogP contribution >= 0.6 is 12.2 Å². The van der Waals surface area contributed by atoms with E-state index in [0.717, 1.165) is 49.9 Å². The lowest BCUT2D eigenvalue weighted by atomic mass is 9.49. The molecule has 5 heteroatoms. The van der Waals surface area contributed by atoms with Crippen LogP contribution in [0.15, 0.2) is 0 Å². The second-order valence-corrected chi connectivity index (χ2v) is 9.06. The molecule has 0 aromatic rings. The van der Waals surface area contributed by atoms with Crippen molar-refractivity contribution in [2.75, 3.05) is 0 Å². The molecule has 0 unspecified atom stereocenters. The van der Waals surface area contributed by atoms with E-state index >= 15 is 0 Å². The quantitative estimate of drug-likeness (QED) is 0.601. The molecule has 0 radical (unpaired) electrons. The lowest BCUT2D eigenvalue weighted by Crippen LogP contribution is -2.61. The third-order valence-electron chi connectivity index (χ3n) is 6.92. The van der Waals surface area contributed by atoms with E-state index in [1.807, 2.05) is 5.01 Å². The van der Waals surface area contributed by atoms with Gasteiger partial charge in [0.1, 0.15) is 0 Å². The Morgan fingerprint density at radius 1 is 1.00 bits per heavy atom. The Morgan fingerprint density at radius 3 is 2.00 bits per heavy atom. The average Bonchev–Trinajstić information content (AvgIpc) is 2.51. The van der Waals surface area contributed by atoms with Gasteiger partial charge in [-0.25, -0.2) is 0 Å². The van der Waals surface area contributed by atoms with Gasteiger partial charge < -0.3 is 5.73 Å². The molecule has 0 atom stereocenters. The maximum Gasteiger partial charge on any atom is 0.244 e. The molecular formula is C18H29N3OS. The number of hydrazine groups is 1. The summed E-state index contributed by atoms with van der Waals surface area (Å²) >= 11 is 5.25. The minimum atomic E-state index is -0.132. The summed E-state index contributed by atoms with van der Waals surface area (Å²) in [6.07, 6.45) is 13.2. The fourth-order valence-electron chi connectivity index (χ4n) is 6.28. The van der Waals surface area contributed by atoms with E-state index in [9.17, 15) is 4.79 Å². The fraction of sp³-hybridized carbons (Fsp3) is 0.889. The van der Waals surface area contributed by atoms with Gasteiger partial charge in [0.05, 0.1) is 11.5 Å². The number of hydrogen-bond acceptors (Lipinski definition) is 2. The normalized spacial score (nSPS) is 39.2. The minimum Gasteiger partial charge on any atom is -0.375 e. The molecule has 5 aliphatic rings. The van der Waals surface area contributed by atoms with Crippen molar-refractivity contribution in [1.82, 2.24) is 10.4 Å². The van der Waals surface area contributed by atoms with Crippen LogP contribution in [0.3, 0.4) is 0 Å². The van der Waals surface area contributed by atoms with Gasteiger partial charge in [0.25, 0.3) is 0 Å². The second-order valence-electron chi connectivity index (χ2n) is 8.64. The van der Waals surface area contributed by atoms with Crippen molar-refractivity contribution in [1.29, 1.82) is 0 Å². The minimum absolute atomic E-state index is 0.132. The van der Waals surface area contributed by atoms with Gasteiger partial charge in [0.2, 0.25) is 5.91 Å². The summed E-state index contributed by atoms with van der Waals surface area (Å²) in [7, 11) is 0. The van der Waals surface area contributed by atoms with Crippen LogP contribution in [0.4, 0.5) is 0 Å². The number of rotatable bonds is 2. The number of carbonyl (C=O) groups excluding carboxylic acids is 1. The Labute approximate surface area is 144 Å². The van der Waals surface area contributed by atoms with E-state index < -0.39 is 0 Å². The molecule has 0 aromatic carbocycles. The number of amides is 1. The van der Waals surface area contributed by atoms with Crippen LogP contribution in [0.2, 0.25) is 0 Å². The zero-order valence-corrected chi connectivity index (χ0v) is 14.7. The Balaban J connectivity index is 1.48. The number of nitrogens with two attached hydrogens (primary N) is 1. The number of carbonyl (C=O) groups is 1. The zero-order valence-electron chi connectivity index (χ0n) is 13.9. The van der Waals surface area contributed by atoms with Crippen LogP contribution in [0.25, 0.3) is 0 Å². The highest BCUT2D eigenvalue weighted by molar-refractivity contribution is 7.80. The van der Waals surface area contributed by atoms with Crippen molar-refractivity contribution in [2.45, 2.75) is 76.7 Å². The summed E-state index contributed by atoms with van der Waals surface area (Å²) in [5.41, 5.74) is 8.99. The molecule has 0 aliphatic heterocycles. The molecule has 0 spiro atoms. The molecule has 128 valence electrons. The smallest absolute Gasteiger partial charge is 0.244 e. The third-order valence-corrected chi connectivity index (χ3v) is 7.12. The molecule has 0 saturated heterocycles. The van der Waals surface area contributed by atoms with Crippen LogP contribution in [0.1, 0.15) is 70.6 Å². The Hall–Kier alpha value is -0.840. The Morgan fingerprint density at radius 2 is 1.52 bits per heavy atom. The zero-order chi connectivity index (χ0) is 16.0. The standard InChI is InChI=1S/C18H29N3OS/c19-17(23)21(15-4-2-1-3-5-15)20-16(22)18-9-12-6-13(10-18)8-14(7-12)11-18/h12-15H,1-11H2,(H2,19,23)(H,20,22). The summed E-state index contributed by atoms with van der Waals surface area (Å²) in [5, 5.41) is 2.16. The molecule has 1 amide bonds. The summed E-state index contributed by atoms with van der Waals surface area (Å²) in [6.45, 7) is 0. The van der Waals surface area contributed by atoms with E-state index in [2.05, 4.69) is 5.43 Å². The highest BCUT2D eigenvalue weighted by Gasteiger charge is 2.55. The first kappa shape index (κ1) is 15.7. The van der Waals surface area contributed by atoms with Crippen molar-refractivity contribution in [2.24, 2.45) is 28.9 Å². The van der Waals surface area contributed by atoms with E-state index in [1.165, 1.54) is 38.5 Å². The van der Waals surface area contributed by atoms with E-state index in [4.69, 9.17) is 18.0 Å². The highest BCUT2D eigenvalue weighted by Crippen LogP contribution is 2.60. The van der Waals surface area contributed by atoms with Crippen molar-refractivity contribution in [3.63, 3.8) is 0 Å². The van der Waals surface area contributed by atoms with Crippen LogP contribution in [0, 0.1) is 23.2 Å². The molecular weight excluding hydrogens is 306 g/mol. The van der Waals surface area contributed by atoms with Crippen molar-refractivity contribution in [3.8, 4) is 0 Å². The lowest BCUT2D eigenvalue weighted by Gasteiger charge is -2.56. The predicted molar refractivity (Wildman–Crippen MR) is 94.2 cm³/mol. The largest absolute Gasteiger partial charge is 0.375 e. The topological polar surface area (TPSA) is 58.4 Å². The van der Waals surface area contributed by atoms with Crippen LogP contribution in [-0.4, -0.2) is 22.1 Å². The molecule has 5 saturated carbocycles. The first-order valence-electron chi connectivity index (χ1n) is 9.45. The lowest BCUT2D eigenvalue weighted by molar-refractivity contribution is -0.150. The van der Waals surface area contributed by atoms with Crippen molar-refractivity contribution in [3.05, 3.63) is 0 Å². The molecule has 5 aliphatic carbocycles. The summed E-state index contributed by atoms with van der Waals surface area (Å²) in [6, 6.07) is 0.291. The Bertz CT molecular complexity index is 465. The average molecular weight is 336 g/mol. The van der Waals surface area contributed by atoms with Gasteiger partial charge >= 0.3 is 0 Å². The van der Waals surface area contributed by atoms with Gasteiger partial charge in [-0.15, -0.1) is 0 Å². The van der Waals surface area contributed by atoms with Crippen LogP contribution in [-0.2, 0) is 4.79 Å². The van der Waals surface area contributed by atoms with Crippen molar-refractivity contribution < 1.29 is 4.79 Å². The monoisotopic (exact) mass is 335 g/mol. The van der Waals surface area contributed by atoms with E-state index in [-0.39, 0.29) is 11.3 Å². The van der Waals surface area contributed by atoms with E-state index in [1.54, 1.807) is 0 Å². The van der Waals surface area contributed by atoms with Gasteiger partial charge in [0.15, 0.2) is 5.11 Å². The third kappa shape index (κ3) is 2.86. The second kappa shape index (κ2) is 5.91. The van der Waals surface area contributed by atoms with Crippen molar-refractivity contribution >= 4 is 23.2 Å². The summed E-state index contributed by atoms with van der Waals surface area (Å²) in [4.78, 5) is 13.2. The molecule has 23 heavy (non-hydrogen) atoms. The summed E-state index contributed by atoms with van der Waals surface area (Å²) < 4.78 is 0. The first-order chi connectivity index (χ1) is 11.1. The number of hydrogen-bond donors (Lipinski definition) is 2. The maximum atomic E-state index is 13.2. The highest BCUT2D eigenvalue weighted by atomic mass is 32.1. The molecule has 0 aromatic heterocycles. The summed E-state index contributed by atoms with van der Waals surface area (Å²) in [5.74, 6) is 2.54. The van der Waals surface area contributed by atoms with Gasteiger partial charge in [-0.3, -0.25) is 15.2 Å². The fourth-order valence-corrected chi connectivity index (χ4v) is 6.48. The number of nitrogens with one attached hydrogen (secondary N) is 1. The van der Waals surface area contributed by atoms with Gasteiger partial charge in [-0.2, -0.15) is 0 Å². The molecule has 5 fully saturated rings. The predicted octanol–water partition coefficient (Wildman–Crippen LogP) is 3.11. The Kier molecular flexibility index (Phi) is 4.02. The molecule has 3 N–H and O–H groups in total. The van der Waals surface area contributed by atoms with Crippen LogP contribution < -0.4 is 11.2 Å².